The third kappa shape index (κ3) is 13.5. The van der Waals surface area contributed by atoms with Crippen LogP contribution in [-0.2, 0) is 9.59 Å². The Hall–Kier alpha value is -1.84. The molecular weight excluding hydrogens is 400 g/mol. The van der Waals surface area contributed by atoms with Crippen LogP contribution in [0.2, 0.25) is 0 Å². The Balaban J connectivity index is 2.25. The van der Waals surface area contributed by atoms with E-state index in [1.807, 2.05) is 0 Å². The molecule has 0 unspecified atom stereocenters. The quantitative estimate of drug-likeness (QED) is 0.122. The van der Waals surface area contributed by atoms with E-state index in [0.717, 1.165) is 38.0 Å². The highest BCUT2D eigenvalue weighted by molar-refractivity contribution is 5.76. The zero-order valence-corrected chi connectivity index (χ0v) is 20.8. The van der Waals surface area contributed by atoms with Gasteiger partial charge in [0, 0.05) is 12.8 Å². The second-order valence-corrected chi connectivity index (χ2v) is 8.90. The summed E-state index contributed by atoms with van der Waals surface area (Å²) >= 11 is 0. The molecule has 0 aliphatic rings. The van der Waals surface area contributed by atoms with Gasteiger partial charge in [-0.1, -0.05) is 110 Å². The van der Waals surface area contributed by atoms with E-state index in [1.54, 1.807) is 24.3 Å². The molecule has 1 aromatic rings. The van der Waals surface area contributed by atoms with Gasteiger partial charge in [-0.25, -0.2) is 0 Å². The Labute approximate surface area is 196 Å². The number of carbonyl (C=O) groups is 2. The zero-order valence-electron chi connectivity index (χ0n) is 20.8. The van der Waals surface area contributed by atoms with Crippen molar-refractivity contribution in [3.63, 3.8) is 0 Å². The van der Waals surface area contributed by atoms with Crippen LogP contribution in [0.3, 0.4) is 0 Å². The van der Waals surface area contributed by atoms with E-state index >= 15 is 0 Å². The van der Waals surface area contributed by atoms with Gasteiger partial charge in [-0.05, 0) is 30.9 Å². The molecule has 0 saturated carbocycles. The maximum absolute atomic E-state index is 12.2. The largest absolute Gasteiger partial charge is 0.423 e. The van der Waals surface area contributed by atoms with E-state index < -0.39 is 0 Å². The number of carbonyl (C=O) groups excluding carboxylic acids is 2. The third-order valence-electron chi connectivity index (χ3n) is 6.18. The van der Waals surface area contributed by atoms with E-state index in [-0.39, 0.29) is 11.9 Å². The first-order valence-electron chi connectivity index (χ1n) is 13.1. The number of hydrogen-bond donors (Lipinski definition) is 0. The molecule has 0 bridgehead atoms. The minimum Gasteiger partial charge on any atom is -0.423 e. The fourth-order valence-corrected chi connectivity index (χ4v) is 3.95. The number of rotatable bonds is 19. The molecule has 0 atom stereocenters. The van der Waals surface area contributed by atoms with Gasteiger partial charge < -0.3 is 9.47 Å². The Morgan fingerprint density at radius 3 is 1.56 bits per heavy atom. The van der Waals surface area contributed by atoms with E-state index in [0.29, 0.717) is 24.3 Å². The molecule has 4 heteroatoms. The van der Waals surface area contributed by atoms with Crippen LogP contribution in [0, 0.1) is 5.92 Å². The highest BCUT2D eigenvalue weighted by atomic mass is 16.6. The molecule has 0 N–H and O–H groups in total. The average molecular weight is 447 g/mol. The summed E-state index contributed by atoms with van der Waals surface area (Å²) in [7, 11) is 0. The first-order valence-corrected chi connectivity index (χ1v) is 13.1. The smallest absolute Gasteiger partial charge is 0.311 e. The zero-order chi connectivity index (χ0) is 23.4. The first kappa shape index (κ1) is 28.2. The number of para-hydroxylation sites is 2. The maximum Gasteiger partial charge on any atom is 0.311 e. The minimum atomic E-state index is -0.266. The van der Waals surface area contributed by atoms with Crippen molar-refractivity contribution in [1.29, 1.82) is 0 Å². The second-order valence-electron chi connectivity index (χ2n) is 8.90. The Morgan fingerprint density at radius 1 is 0.656 bits per heavy atom. The van der Waals surface area contributed by atoms with Crippen molar-refractivity contribution in [3.8, 4) is 11.5 Å². The van der Waals surface area contributed by atoms with Crippen LogP contribution < -0.4 is 9.47 Å². The topological polar surface area (TPSA) is 52.6 Å². The van der Waals surface area contributed by atoms with E-state index in [4.69, 9.17) is 9.47 Å². The van der Waals surface area contributed by atoms with Gasteiger partial charge in [0.05, 0.1) is 0 Å². The lowest BCUT2D eigenvalue weighted by atomic mass is 9.96. The van der Waals surface area contributed by atoms with Gasteiger partial charge in [-0.3, -0.25) is 9.59 Å². The molecule has 0 amide bonds. The standard InChI is InChI=1S/C28H46O4/c1-4-7-8-9-12-15-22-27(29)31-25-20-17-18-21-26(25)32-28(30)23-16-13-10-11-14-19-24(5-2)6-3/h17-18,20-21,24H,4-16,19,22-23H2,1-3H3. The normalized spacial score (nSPS) is 11.0. The number of ether oxygens (including phenoxy) is 2. The van der Waals surface area contributed by atoms with Gasteiger partial charge >= 0.3 is 11.9 Å². The molecule has 1 rings (SSSR count). The molecule has 0 aromatic heterocycles. The molecule has 0 fully saturated rings. The third-order valence-corrected chi connectivity index (χ3v) is 6.18. The highest BCUT2D eigenvalue weighted by Crippen LogP contribution is 2.27. The molecule has 4 nitrogen and oxygen atoms in total. The first-order chi connectivity index (χ1) is 15.6. The molecule has 0 radical (unpaired) electrons. The van der Waals surface area contributed by atoms with Crippen molar-refractivity contribution in [2.24, 2.45) is 5.92 Å². The summed E-state index contributed by atoms with van der Waals surface area (Å²) in [5, 5.41) is 0. The van der Waals surface area contributed by atoms with Gasteiger partial charge in [0.2, 0.25) is 0 Å². The molecule has 32 heavy (non-hydrogen) atoms. The van der Waals surface area contributed by atoms with Crippen molar-refractivity contribution in [2.45, 2.75) is 124 Å². The number of benzene rings is 1. The molecule has 0 aliphatic carbocycles. The summed E-state index contributed by atoms with van der Waals surface area (Å²) in [5.41, 5.74) is 0. The van der Waals surface area contributed by atoms with Crippen molar-refractivity contribution in [2.75, 3.05) is 0 Å². The van der Waals surface area contributed by atoms with Crippen LogP contribution in [0.25, 0.3) is 0 Å². The molecule has 0 spiro atoms. The minimum absolute atomic E-state index is 0.263. The van der Waals surface area contributed by atoms with Crippen molar-refractivity contribution >= 4 is 11.9 Å². The van der Waals surface area contributed by atoms with Crippen LogP contribution >= 0.6 is 0 Å². The molecule has 0 aliphatic heterocycles. The van der Waals surface area contributed by atoms with Crippen LogP contribution in [0.15, 0.2) is 24.3 Å². The van der Waals surface area contributed by atoms with Crippen molar-refractivity contribution in [3.05, 3.63) is 24.3 Å². The summed E-state index contributed by atoms with van der Waals surface area (Å²) in [6, 6.07) is 6.94. The second kappa shape index (κ2) is 18.7. The van der Waals surface area contributed by atoms with Gasteiger partial charge in [0.25, 0.3) is 0 Å². The highest BCUT2D eigenvalue weighted by Gasteiger charge is 2.13. The van der Waals surface area contributed by atoms with Gasteiger partial charge in [-0.15, -0.1) is 0 Å². The SMILES string of the molecule is CCCCCCCCC(=O)Oc1ccccc1OC(=O)CCCCCCCC(CC)CC. The number of unbranched alkanes of at least 4 members (excludes halogenated alkanes) is 9. The lowest BCUT2D eigenvalue weighted by Crippen LogP contribution is -2.12. The van der Waals surface area contributed by atoms with Crippen LogP contribution in [-0.4, -0.2) is 11.9 Å². The van der Waals surface area contributed by atoms with Gasteiger partial charge in [-0.2, -0.15) is 0 Å². The van der Waals surface area contributed by atoms with E-state index in [2.05, 4.69) is 20.8 Å². The Bertz CT molecular complexity index is 622. The monoisotopic (exact) mass is 446 g/mol. The van der Waals surface area contributed by atoms with Crippen LogP contribution in [0.5, 0.6) is 11.5 Å². The maximum atomic E-state index is 12.2. The molecular formula is C28H46O4. The molecule has 0 heterocycles. The summed E-state index contributed by atoms with van der Waals surface area (Å²) in [5.74, 6) is 1.00. The average Bonchev–Trinajstić information content (AvgIpc) is 2.79. The summed E-state index contributed by atoms with van der Waals surface area (Å²) < 4.78 is 11.0. The summed E-state index contributed by atoms with van der Waals surface area (Å²) in [6.45, 7) is 6.74. The van der Waals surface area contributed by atoms with Crippen molar-refractivity contribution < 1.29 is 19.1 Å². The number of hydrogen-bond acceptors (Lipinski definition) is 4. The van der Waals surface area contributed by atoms with Crippen molar-refractivity contribution in [1.82, 2.24) is 0 Å². The fourth-order valence-electron chi connectivity index (χ4n) is 3.95. The van der Waals surface area contributed by atoms with E-state index in [9.17, 15) is 9.59 Å². The Kier molecular flexibility index (Phi) is 16.5. The van der Waals surface area contributed by atoms with Crippen LogP contribution in [0.1, 0.15) is 124 Å². The molecule has 0 saturated heterocycles. The van der Waals surface area contributed by atoms with Gasteiger partial charge in [0.1, 0.15) is 0 Å². The molecule has 182 valence electrons. The lowest BCUT2D eigenvalue weighted by molar-refractivity contribution is -0.137. The fraction of sp³-hybridized carbons (Fsp3) is 0.714. The summed E-state index contributed by atoms with van der Waals surface area (Å²) in [6.07, 6.45) is 17.0. The summed E-state index contributed by atoms with van der Waals surface area (Å²) in [4.78, 5) is 24.4. The predicted molar refractivity (Wildman–Crippen MR) is 132 cm³/mol. The van der Waals surface area contributed by atoms with E-state index in [1.165, 1.54) is 57.8 Å². The predicted octanol–water partition coefficient (Wildman–Crippen LogP) is 8.41. The lowest BCUT2D eigenvalue weighted by Gasteiger charge is -2.11. The molecule has 1 aromatic carbocycles. The van der Waals surface area contributed by atoms with Crippen LogP contribution in [0.4, 0.5) is 0 Å². The number of esters is 2. The van der Waals surface area contributed by atoms with Gasteiger partial charge in [0.15, 0.2) is 11.5 Å². The Morgan fingerprint density at radius 2 is 1.09 bits per heavy atom.